The van der Waals surface area contributed by atoms with E-state index in [1.54, 1.807) is 0 Å². The van der Waals surface area contributed by atoms with Gasteiger partial charge in [0.2, 0.25) is 10.0 Å². The zero-order valence-corrected chi connectivity index (χ0v) is 16.4. The van der Waals surface area contributed by atoms with Crippen molar-refractivity contribution < 1.29 is 18.3 Å². The van der Waals surface area contributed by atoms with Crippen molar-refractivity contribution in [2.24, 2.45) is 0 Å². The third-order valence-electron chi connectivity index (χ3n) is 4.25. The number of piperidine rings is 1. The van der Waals surface area contributed by atoms with E-state index in [1.807, 2.05) is 18.2 Å². The Bertz CT molecular complexity index is 831. The van der Waals surface area contributed by atoms with Gasteiger partial charge in [0, 0.05) is 31.1 Å². The Morgan fingerprint density at radius 3 is 2.46 bits per heavy atom. The summed E-state index contributed by atoms with van der Waals surface area (Å²) >= 11 is 0.934. The van der Waals surface area contributed by atoms with Crippen molar-refractivity contribution in [1.82, 2.24) is 9.62 Å². The predicted octanol–water partition coefficient (Wildman–Crippen LogP) is 2.81. The molecule has 1 aromatic carbocycles. The maximum atomic E-state index is 12.4. The van der Waals surface area contributed by atoms with Crippen LogP contribution in [0, 0.1) is 0 Å². The number of rotatable bonds is 6. The van der Waals surface area contributed by atoms with E-state index in [0.717, 1.165) is 43.8 Å². The lowest BCUT2D eigenvalue weighted by Crippen LogP contribution is -2.44. The average molecular weight is 417 g/mol. The number of halogens is 1. The number of benzene rings is 1. The first-order chi connectivity index (χ1) is 11.9. The van der Waals surface area contributed by atoms with Crippen LogP contribution in [0.4, 0.5) is 0 Å². The Hall–Kier alpha value is -1.45. The molecule has 0 amide bonds. The Labute approximate surface area is 163 Å². The van der Waals surface area contributed by atoms with Crippen LogP contribution in [0.5, 0.6) is 0 Å². The Morgan fingerprint density at radius 2 is 1.88 bits per heavy atom. The summed E-state index contributed by atoms with van der Waals surface area (Å²) in [4.78, 5) is 13.2. The van der Waals surface area contributed by atoms with Crippen LogP contribution in [0.1, 0.15) is 28.8 Å². The number of nitrogens with zero attached hydrogens (tertiary/aromatic N) is 1. The minimum Gasteiger partial charge on any atom is -0.478 e. The number of hydrogen-bond acceptors (Lipinski definition) is 5. The van der Waals surface area contributed by atoms with E-state index in [9.17, 15) is 13.2 Å². The third-order valence-corrected chi connectivity index (χ3v) is 7.21. The molecule has 1 aliphatic rings. The summed E-state index contributed by atoms with van der Waals surface area (Å²) in [6, 6.07) is 11.3. The Balaban J connectivity index is 0.00000243. The van der Waals surface area contributed by atoms with Crippen molar-refractivity contribution in [3.05, 3.63) is 52.9 Å². The molecule has 9 heteroatoms. The van der Waals surface area contributed by atoms with Gasteiger partial charge in [0.25, 0.3) is 0 Å². The molecule has 2 heterocycles. The highest BCUT2D eigenvalue weighted by molar-refractivity contribution is 7.91. The van der Waals surface area contributed by atoms with Crippen LogP contribution in [0.3, 0.4) is 0 Å². The fourth-order valence-corrected chi connectivity index (χ4v) is 5.37. The summed E-state index contributed by atoms with van der Waals surface area (Å²) in [6.45, 7) is 2.52. The van der Waals surface area contributed by atoms with E-state index >= 15 is 0 Å². The van der Waals surface area contributed by atoms with Crippen LogP contribution >= 0.6 is 23.7 Å². The van der Waals surface area contributed by atoms with Gasteiger partial charge in [-0.2, -0.15) is 0 Å². The summed E-state index contributed by atoms with van der Waals surface area (Å²) in [5.74, 6) is -1.12. The van der Waals surface area contributed by atoms with E-state index in [-0.39, 0.29) is 28.2 Å². The van der Waals surface area contributed by atoms with Gasteiger partial charge in [-0.05, 0) is 24.5 Å². The number of likely N-dealkylation sites (tertiary alicyclic amines) is 1. The highest BCUT2D eigenvalue weighted by Crippen LogP contribution is 2.22. The van der Waals surface area contributed by atoms with Crippen LogP contribution in [0.25, 0.3) is 0 Å². The minimum absolute atomic E-state index is 0. The molecular weight excluding hydrogens is 396 g/mol. The van der Waals surface area contributed by atoms with Gasteiger partial charge in [0.15, 0.2) is 0 Å². The molecule has 1 aromatic heterocycles. The first-order valence-electron chi connectivity index (χ1n) is 8.04. The maximum absolute atomic E-state index is 12.4. The lowest BCUT2D eigenvalue weighted by atomic mass is 10.1. The van der Waals surface area contributed by atoms with Crippen LogP contribution in [0.15, 0.2) is 46.0 Å². The zero-order valence-electron chi connectivity index (χ0n) is 14.0. The molecule has 142 valence electrons. The monoisotopic (exact) mass is 416 g/mol. The Kier molecular flexibility index (Phi) is 7.19. The van der Waals surface area contributed by atoms with E-state index < -0.39 is 16.0 Å². The summed E-state index contributed by atoms with van der Waals surface area (Å²) in [5, 5.41) is 10.3. The summed E-state index contributed by atoms with van der Waals surface area (Å²) in [6.07, 6.45) is 1.48. The summed E-state index contributed by atoms with van der Waals surface area (Å²) in [5.41, 5.74) is 1.25. The number of aromatic carboxylic acids is 1. The molecule has 0 atom stereocenters. The highest BCUT2D eigenvalue weighted by atomic mass is 35.5. The molecule has 0 aliphatic carbocycles. The number of thiophene rings is 1. The highest BCUT2D eigenvalue weighted by Gasteiger charge is 2.26. The molecule has 0 unspecified atom stereocenters. The number of carboxylic acid groups (broad SMARTS) is 1. The maximum Gasteiger partial charge on any atom is 0.336 e. The van der Waals surface area contributed by atoms with Crippen molar-refractivity contribution in [2.75, 3.05) is 13.1 Å². The van der Waals surface area contributed by atoms with Crippen molar-refractivity contribution >= 4 is 39.7 Å². The fraction of sp³-hybridized carbons (Fsp3) is 0.353. The number of carbonyl (C=O) groups is 1. The second-order valence-electron chi connectivity index (χ2n) is 6.12. The van der Waals surface area contributed by atoms with Gasteiger partial charge in [-0.3, -0.25) is 4.90 Å². The number of carboxylic acids is 1. The van der Waals surface area contributed by atoms with Gasteiger partial charge in [-0.15, -0.1) is 23.7 Å². The molecule has 0 spiro atoms. The van der Waals surface area contributed by atoms with E-state index in [4.69, 9.17) is 5.11 Å². The van der Waals surface area contributed by atoms with E-state index in [1.165, 1.54) is 17.0 Å². The van der Waals surface area contributed by atoms with Crippen LogP contribution < -0.4 is 4.72 Å². The van der Waals surface area contributed by atoms with Gasteiger partial charge in [0.1, 0.15) is 4.21 Å². The zero-order chi connectivity index (χ0) is 17.9. The van der Waals surface area contributed by atoms with Gasteiger partial charge < -0.3 is 5.11 Å². The Morgan fingerprint density at radius 1 is 1.23 bits per heavy atom. The molecule has 0 bridgehead atoms. The standard InChI is InChI=1S/C17H20N2O4S2.ClH/c20-17(21)14-10-16(24-12-14)25(22,23)18-15-6-8-19(9-7-15)11-13-4-2-1-3-5-13;/h1-5,10,12,15,18H,6-9,11H2,(H,20,21);1H. The smallest absolute Gasteiger partial charge is 0.336 e. The number of nitrogens with one attached hydrogen (secondary N) is 1. The third kappa shape index (κ3) is 5.28. The SMILES string of the molecule is Cl.O=C(O)c1csc(S(=O)(=O)NC2CCN(Cc3ccccc3)CC2)c1. The van der Waals surface area contributed by atoms with Gasteiger partial charge in [-0.1, -0.05) is 30.3 Å². The molecule has 26 heavy (non-hydrogen) atoms. The summed E-state index contributed by atoms with van der Waals surface area (Å²) < 4.78 is 27.6. The van der Waals surface area contributed by atoms with Gasteiger partial charge >= 0.3 is 5.97 Å². The average Bonchev–Trinajstić information content (AvgIpc) is 3.09. The molecule has 1 aliphatic heterocycles. The second-order valence-corrected chi connectivity index (χ2v) is 8.97. The normalized spacial score (nSPS) is 16.2. The molecule has 3 rings (SSSR count). The molecule has 0 radical (unpaired) electrons. The van der Waals surface area contributed by atoms with E-state index in [2.05, 4.69) is 21.8 Å². The molecule has 0 saturated carbocycles. The second kappa shape index (κ2) is 8.96. The van der Waals surface area contributed by atoms with Crippen molar-refractivity contribution in [1.29, 1.82) is 0 Å². The number of sulfonamides is 1. The van der Waals surface area contributed by atoms with Crippen molar-refractivity contribution in [2.45, 2.75) is 29.6 Å². The molecule has 1 saturated heterocycles. The van der Waals surface area contributed by atoms with Crippen molar-refractivity contribution in [3.63, 3.8) is 0 Å². The quantitative estimate of drug-likeness (QED) is 0.756. The summed E-state index contributed by atoms with van der Waals surface area (Å²) in [7, 11) is -3.66. The first kappa shape index (κ1) is 20.9. The fourth-order valence-electron chi connectivity index (χ4n) is 2.90. The van der Waals surface area contributed by atoms with Crippen LogP contribution in [-0.4, -0.2) is 43.5 Å². The molecule has 2 N–H and O–H groups in total. The van der Waals surface area contributed by atoms with E-state index in [0.29, 0.717) is 0 Å². The molecule has 1 fully saturated rings. The molecular formula is C17H21ClN2O4S2. The predicted molar refractivity (Wildman–Crippen MR) is 104 cm³/mol. The lowest BCUT2D eigenvalue weighted by molar-refractivity contribution is 0.0697. The largest absolute Gasteiger partial charge is 0.478 e. The molecule has 6 nitrogen and oxygen atoms in total. The lowest BCUT2D eigenvalue weighted by Gasteiger charge is -2.32. The molecule has 2 aromatic rings. The first-order valence-corrected chi connectivity index (χ1v) is 10.4. The topological polar surface area (TPSA) is 86.7 Å². The van der Waals surface area contributed by atoms with Crippen LogP contribution in [-0.2, 0) is 16.6 Å². The van der Waals surface area contributed by atoms with Crippen LogP contribution in [0.2, 0.25) is 0 Å². The van der Waals surface area contributed by atoms with Crippen molar-refractivity contribution in [3.8, 4) is 0 Å². The minimum atomic E-state index is -3.66. The van der Waals surface area contributed by atoms with Gasteiger partial charge in [0.05, 0.1) is 5.56 Å². The number of hydrogen-bond donors (Lipinski definition) is 2. The van der Waals surface area contributed by atoms with Gasteiger partial charge in [-0.25, -0.2) is 17.9 Å².